The minimum atomic E-state index is -0.634. The molecule has 2 aromatic carbocycles. The molecule has 0 unspecified atom stereocenters. The van der Waals surface area contributed by atoms with Crippen molar-refractivity contribution >= 4 is 16.7 Å². The van der Waals surface area contributed by atoms with Gasteiger partial charge in [-0.3, -0.25) is 9.69 Å². The van der Waals surface area contributed by atoms with Crippen molar-refractivity contribution in [3.63, 3.8) is 0 Å². The number of piperazine rings is 1. The van der Waals surface area contributed by atoms with Gasteiger partial charge < -0.3 is 14.4 Å². The first-order valence-corrected chi connectivity index (χ1v) is 8.93. The van der Waals surface area contributed by atoms with Crippen LogP contribution in [0.2, 0.25) is 0 Å². The van der Waals surface area contributed by atoms with E-state index in [2.05, 4.69) is 4.90 Å². The summed E-state index contributed by atoms with van der Waals surface area (Å²) < 4.78 is 5.25. The highest BCUT2D eigenvalue weighted by Crippen LogP contribution is 2.21. The van der Waals surface area contributed by atoms with Crippen LogP contribution in [0.5, 0.6) is 0 Å². The lowest BCUT2D eigenvalue weighted by Gasteiger charge is -2.35. The van der Waals surface area contributed by atoms with Crippen LogP contribution in [-0.2, 0) is 0 Å². The summed E-state index contributed by atoms with van der Waals surface area (Å²) in [4.78, 5) is 17.0. The molecule has 1 aliphatic heterocycles. The van der Waals surface area contributed by atoms with Gasteiger partial charge in [-0.25, -0.2) is 0 Å². The minimum absolute atomic E-state index is 0.0769. The van der Waals surface area contributed by atoms with Crippen molar-refractivity contribution in [3.8, 4) is 0 Å². The number of fused-ring (bicyclic) bond motifs is 1. The second kappa shape index (κ2) is 7.32. The lowest BCUT2D eigenvalue weighted by Crippen LogP contribution is -2.49. The van der Waals surface area contributed by atoms with Gasteiger partial charge in [0.2, 0.25) is 0 Å². The fraction of sp³-hybridized carbons (Fsp3) is 0.286. The number of amides is 1. The molecule has 1 aromatic heterocycles. The fourth-order valence-corrected chi connectivity index (χ4v) is 3.53. The Morgan fingerprint density at radius 1 is 1.00 bits per heavy atom. The van der Waals surface area contributed by atoms with E-state index in [0.717, 1.165) is 29.4 Å². The van der Waals surface area contributed by atoms with Crippen LogP contribution in [0.25, 0.3) is 10.8 Å². The first-order valence-electron chi connectivity index (χ1n) is 8.93. The Hall–Kier alpha value is -2.63. The van der Waals surface area contributed by atoms with Gasteiger partial charge in [0.1, 0.15) is 11.9 Å². The largest absolute Gasteiger partial charge is 0.467 e. The molecule has 1 fully saturated rings. The van der Waals surface area contributed by atoms with E-state index in [1.165, 1.54) is 0 Å². The van der Waals surface area contributed by atoms with E-state index in [-0.39, 0.29) is 5.91 Å². The topological polar surface area (TPSA) is 56.9 Å². The summed E-state index contributed by atoms with van der Waals surface area (Å²) in [5.74, 6) is 0.660. The van der Waals surface area contributed by atoms with E-state index in [0.29, 0.717) is 25.4 Å². The normalized spacial score (nSPS) is 16.7. The van der Waals surface area contributed by atoms with Crippen LogP contribution in [0.1, 0.15) is 22.2 Å². The third-order valence-electron chi connectivity index (χ3n) is 4.98. The van der Waals surface area contributed by atoms with Crippen molar-refractivity contribution in [3.05, 3.63) is 72.2 Å². The molecule has 0 aliphatic carbocycles. The molecule has 134 valence electrons. The zero-order valence-corrected chi connectivity index (χ0v) is 14.5. The molecule has 1 amide bonds. The maximum Gasteiger partial charge on any atom is 0.254 e. The van der Waals surface area contributed by atoms with Crippen molar-refractivity contribution < 1.29 is 14.3 Å². The Labute approximate surface area is 152 Å². The Morgan fingerprint density at radius 2 is 1.77 bits per heavy atom. The first-order chi connectivity index (χ1) is 12.7. The molecular formula is C21H22N2O3. The maximum absolute atomic E-state index is 13.0. The Balaban J connectivity index is 1.40. The molecule has 0 saturated carbocycles. The Bertz CT molecular complexity index is 878. The van der Waals surface area contributed by atoms with Gasteiger partial charge in [0.05, 0.1) is 6.26 Å². The number of aliphatic hydroxyl groups excluding tert-OH is 1. The average Bonchev–Trinajstić information content (AvgIpc) is 3.23. The summed E-state index contributed by atoms with van der Waals surface area (Å²) in [6.45, 7) is 3.33. The molecule has 0 spiro atoms. The third-order valence-corrected chi connectivity index (χ3v) is 4.98. The molecule has 5 nitrogen and oxygen atoms in total. The van der Waals surface area contributed by atoms with E-state index in [9.17, 15) is 9.90 Å². The van der Waals surface area contributed by atoms with E-state index in [1.807, 2.05) is 47.4 Å². The van der Waals surface area contributed by atoms with E-state index < -0.39 is 6.10 Å². The lowest BCUT2D eigenvalue weighted by atomic mass is 10.0. The number of nitrogens with zero attached hydrogens (tertiary/aromatic N) is 2. The van der Waals surface area contributed by atoms with Gasteiger partial charge in [0, 0.05) is 38.3 Å². The van der Waals surface area contributed by atoms with Gasteiger partial charge in [0.15, 0.2) is 0 Å². The van der Waals surface area contributed by atoms with Gasteiger partial charge in [-0.1, -0.05) is 36.4 Å². The predicted molar refractivity (Wildman–Crippen MR) is 100.0 cm³/mol. The predicted octanol–water partition coefficient (Wildman–Crippen LogP) is 2.92. The number of carbonyl (C=O) groups excluding carboxylic acids is 1. The Kier molecular flexibility index (Phi) is 4.73. The number of aliphatic hydroxyl groups is 1. The summed E-state index contributed by atoms with van der Waals surface area (Å²) in [7, 11) is 0. The second-order valence-corrected chi connectivity index (χ2v) is 6.65. The standard InChI is InChI=1S/C21H22N2O3/c24-19(20-9-4-14-26-20)15-22-10-12-23(13-11-22)21(25)18-8-3-6-16-5-1-2-7-17(16)18/h1-9,14,19,24H,10-13,15H2/t19-/m0/s1. The van der Waals surface area contributed by atoms with Crippen LogP contribution in [0.4, 0.5) is 0 Å². The number of furan rings is 1. The van der Waals surface area contributed by atoms with Crippen molar-refractivity contribution in [2.45, 2.75) is 6.10 Å². The zero-order valence-electron chi connectivity index (χ0n) is 14.5. The molecule has 5 heteroatoms. The van der Waals surface area contributed by atoms with Gasteiger partial charge in [-0.2, -0.15) is 0 Å². The number of β-amino-alcohol motifs (C(OH)–C–C–N with tert-alkyl or cyclic N) is 1. The first kappa shape index (κ1) is 16.8. The summed E-state index contributed by atoms with van der Waals surface area (Å²) in [5, 5.41) is 12.3. The van der Waals surface area contributed by atoms with Gasteiger partial charge >= 0.3 is 0 Å². The Morgan fingerprint density at radius 3 is 2.54 bits per heavy atom. The maximum atomic E-state index is 13.0. The molecule has 3 aromatic rings. The molecule has 26 heavy (non-hydrogen) atoms. The molecule has 0 radical (unpaired) electrons. The van der Waals surface area contributed by atoms with Crippen LogP contribution in [-0.4, -0.2) is 53.5 Å². The number of rotatable bonds is 4. The molecule has 2 heterocycles. The van der Waals surface area contributed by atoms with Crippen LogP contribution in [0.3, 0.4) is 0 Å². The monoisotopic (exact) mass is 350 g/mol. The quantitative estimate of drug-likeness (QED) is 0.786. The second-order valence-electron chi connectivity index (χ2n) is 6.65. The summed E-state index contributed by atoms with van der Waals surface area (Å²) in [5.41, 5.74) is 0.757. The molecule has 1 saturated heterocycles. The highest BCUT2D eigenvalue weighted by atomic mass is 16.4. The SMILES string of the molecule is O=C(c1cccc2ccccc12)N1CCN(C[C@H](O)c2ccco2)CC1. The van der Waals surface area contributed by atoms with E-state index in [4.69, 9.17) is 4.42 Å². The van der Waals surface area contributed by atoms with Crippen molar-refractivity contribution in [1.29, 1.82) is 0 Å². The highest BCUT2D eigenvalue weighted by molar-refractivity contribution is 6.07. The van der Waals surface area contributed by atoms with Crippen LogP contribution in [0, 0.1) is 0 Å². The highest BCUT2D eigenvalue weighted by Gasteiger charge is 2.25. The van der Waals surface area contributed by atoms with Crippen LogP contribution < -0.4 is 0 Å². The molecular weight excluding hydrogens is 328 g/mol. The lowest BCUT2D eigenvalue weighted by molar-refractivity contribution is 0.0487. The molecule has 1 atom stereocenters. The van der Waals surface area contributed by atoms with Crippen molar-refractivity contribution in [2.24, 2.45) is 0 Å². The number of hydrogen-bond acceptors (Lipinski definition) is 4. The fourth-order valence-electron chi connectivity index (χ4n) is 3.53. The molecule has 4 rings (SSSR count). The van der Waals surface area contributed by atoms with E-state index in [1.54, 1.807) is 18.4 Å². The summed E-state index contributed by atoms with van der Waals surface area (Å²) >= 11 is 0. The van der Waals surface area contributed by atoms with Crippen LogP contribution >= 0.6 is 0 Å². The van der Waals surface area contributed by atoms with Crippen molar-refractivity contribution in [2.75, 3.05) is 32.7 Å². The number of carbonyl (C=O) groups is 1. The third kappa shape index (κ3) is 3.36. The number of hydrogen-bond donors (Lipinski definition) is 1. The minimum Gasteiger partial charge on any atom is -0.467 e. The average molecular weight is 350 g/mol. The number of benzene rings is 2. The molecule has 1 N–H and O–H groups in total. The molecule has 0 bridgehead atoms. The zero-order chi connectivity index (χ0) is 17.9. The smallest absolute Gasteiger partial charge is 0.254 e. The van der Waals surface area contributed by atoms with Crippen LogP contribution in [0.15, 0.2) is 65.3 Å². The molecule has 1 aliphatic rings. The summed E-state index contributed by atoms with van der Waals surface area (Å²) in [6.07, 6.45) is 0.935. The van der Waals surface area contributed by atoms with Gasteiger partial charge in [-0.05, 0) is 29.0 Å². The van der Waals surface area contributed by atoms with E-state index >= 15 is 0 Å². The van der Waals surface area contributed by atoms with Gasteiger partial charge in [0.25, 0.3) is 5.91 Å². The summed E-state index contributed by atoms with van der Waals surface area (Å²) in [6, 6.07) is 17.4. The van der Waals surface area contributed by atoms with Gasteiger partial charge in [-0.15, -0.1) is 0 Å². The van der Waals surface area contributed by atoms with Crippen molar-refractivity contribution in [1.82, 2.24) is 9.80 Å².